The third kappa shape index (κ3) is 1.34. The number of carbonyl (C=O) groups is 1. The second-order valence-corrected chi connectivity index (χ2v) is 2.81. The molecule has 3 nitrogen and oxygen atoms in total. The Morgan fingerprint density at radius 3 is 2.45 bits per heavy atom. The van der Waals surface area contributed by atoms with Gasteiger partial charge < -0.3 is 5.11 Å². The summed E-state index contributed by atoms with van der Waals surface area (Å²) in [6, 6.07) is 1.50. The Bertz CT molecular complexity index is 306. The summed E-state index contributed by atoms with van der Waals surface area (Å²) >= 11 is 11.1. The third-order valence-electron chi connectivity index (χ3n) is 1.30. The van der Waals surface area contributed by atoms with E-state index in [-0.39, 0.29) is 10.8 Å². The molecule has 0 spiro atoms. The van der Waals surface area contributed by atoms with Crippen LogP contribution in [0.2, 0.25) is 5.15 Å². The highest BCUT2D eigenvalue weighted by atomic mass is 35.5. The van der Waals surface area contributed by atoms with Gasteiger partial charge in [0.05, 0.1) is 0 Å². The Morgan fingerprint density at radius 2 is 2.27 bits per heavy atom. The van der Waals surface area contributed by atoms with Gasteiger partial charge in [-0.15, -0.1) is 0 Å². The second-order valence-electron chi connectivity index (χ2n) is 2.08. The molecule has 0 amide bonds. The highest BCUT2D eigenvalue weighted by Gasteiger charge is 2.15. The van der Waals surface area contributed by atoms with Crippen molar-refractivity contribution in [3.05, 3.63) is 22.5 Å². The van der Waals surface area contributed by atoms with Crippen LogP contribution in [0, 0.1) is 6.92 Å². The maximum atomic E-state index is 10.5. The number of rotatable bonds is 1. The minimum atomic E-state index is -1.08. The molecule has 0 aliphatic carbocycles. The van der Waals surface area contributed by atoms with Crippen molar-refractivity contribution in [2.75, 3.05) is 0 Å². The lowest BCUT2D eigenvalue weighted by molar-refractivity contribution is 0.0689. The van der Waals surface area contributed by atoms with E-state index in [2.05, 4.69) is 0 Å². The summed E-state index contributed by atoms with van der Waals surface area (Å²) in [6.45, 7) is 1.63. The quantitative estimate of drug-likeness (QED) is 0.743. The molecule has 0 fully saturated rings. The summed E-state index contributed by atoms with van der Waals surface area (Å²) in [5.41, 5.74) is 0.564. The van der Waals surface area contributed by atoms with Crippen molar-refractivity contribution in [1.82, 2.24) is 4.09 Å². The summed E-state index contributed by atoms with van der Waals surface area (Å²) in [7, 11) is 0. The van der Waals surface area contributed by atoms with Crippen LogP contribution in [-0.4, -0.2) is 15.2 Å². The van der Waals surface area contributed by atoms with Crippen molar-refractivity contribution >= 4 is 29.3 Å². The maximum absolute atomic E-state index is 10.5. The minimum absolute atomic E-state index is 0.0108. The first-order chi connectivity index (χ1) is 5.04. The average molecular weight is 194 g/mol. The van der Waals surface area contributed by atoms with Crippen LogP contribution < -0.4 is 0 Å². The molecule has 0 radical (unpaired) electrons. The predicted octanol–water partition coefficient (Wildman–Crippen LogP) is 2.15. The summed E-state index contributed by atoms with van der Waals surface area (Å²) in [6.07, 6.45) is 0. The van der Waals surface area contributed by atoms with Crippen molar-refractivity contribution in [3.8, 4) is 0 Å². The molecule has 1 aromatic heterocycles. The number of hydrogen-bond donors (Lipinski definition) is 1. The molecule has 0 aliphatic rings. The Kier molecular flexibility index (Phi) is 2.11. The van der Waals surface area contributed by atoms with E-state index < -0.39 is 5.97 Å². The van der Waals surface area contributed by atoms with Crippen molar-refractivity contribution in [1.29, 1.82) is 0 Å². The molecular formula is C6H5Cl2NO2. The van der Waals surface area contributed by atoms with Gasteiger partial charge in [0.25, 0.3) is 0 Å². The van der Waals surface area contributed by atoms with Crippen molar-refractivity contribution in [2.45, 2.75) is 6.92 Å². The fraction of sp³-hybridized carbons (Fsp3) is 0.167. The van der Waals surface area contributed by atoms with Gasteiger partial charge in [0.1, 0.15) is 10.8 Å². The first-order valence-electron chi connectivity index (χ1n) is 2.81. The molecule has 1 N–H and O–H groups in total. The smallest absolute Gasteiger partial charge is 0.354 e. The lowest BCUT2D eigenvalue weighted by Crippen LogP contribution is -2.02. The van der Waals surface area contributed by atoms with Crippen molar-refractivity contribution in [3.63, 3.8) is 0 Å². The van der Waals surface area contributed by atoms with E-state index in [1.165, 1.54) is 6.07 Å². The first kappa shape index (κ1) is 8.43. The standard InChI is InChI=1S/C6H5Cl2NO2/c1-3-2-4(7)9(8)5(3)6(10)11/h2H,1H3,(H,10,11). The zero-order valence-electron chi connectivity index (χ0n) is 5.64. The number of aryl methyl sites for hydroxylation is 1. The zero-order valence-corrected chi connectivity index (χ0v) is 7.15. The molecule has 0 aliphatic heterocycles. The molecule has 0 unspecified atom stereocenters. The van der Waals surface area contributed by atoms with Crippen LogP contribution in [0.15, 0.2) is 6.07 Å². The SMILES string of the molecule is Cc1cc(Cl)n(Cl)c1C(=O)O. The first-order valence-corrected chi connectivity index (χ1v) is 3.53. The van der Waals surface area contributed by atoms with Gasteiger partial charge >= 0.3 is 5.97 Å². The van der Waals surface area contributed by atoms with E-state index in [0.717, 1.165) is 4.09 Å². The Morgan fingerprint density at radius 1 is 1.73 bits per heavy atom. The lowest BCUT2D eigenvalue weighted by atomic mass is 10.3. The minimum Gasteiger partial charge on any atom is -0.477 e. The summed E-state index contributed by atoms with van der Waals surface area (Å²) in [5, 5.41) is 8.81. The number of nitrogens with zero attached hydrogens (tertiary/aromatic N) is 1. The average Bonchev–Trinajstić information content (AvgIpc) is 2.07. The van der Waals surface area contributed by atoms with E-state index in [9.17, 15) is 4.79 Å². The van der Waals surface area contributed by atoms with Crippen LogP contribution in [0.25, 0.3) is 0 Å². The normalized spacial score (nSPS) is 10.1. The Balaban J connectivity index is 3.34. The number of halogens is 2. The van der Waals surface area contributed by atoms with Crippen LogP contribution in [0.4, 0.5) is 0 Å². The van der Waals surface area contributed by atoms with Gasteiger partial charge in [0, 0.05) is 11.8 Å². The number of carboxylic acid groups (broad SMARTS) is 1. The van der Waals surface area contributed by atoms with E-state index >= 15 is 0 Å². The van der Waals surface area contributed by atoms with Gasteiger partial charge in [-0.3, -0.25) is 0 Å². The Hall–Kier alpha value is -0.670. The molecule has 0 aromatic carbocycles. The molecule has 1 heterocycles. The largest absolute Gasteiger partial charge is 0.477 e. The topological polar surface area (TPSA) is 42.2 Å². The molecule has 0 saturated carbocycles. The lowest BCUT2D eigenvalue weighted by Gasteiger charge is -1.95. The van der Waals surface area contributed by atoms with Gasteiger partial charge in [-0.05, 0) is 18.6 Å². The molecule has 1 aromatic rings. The van der Waals surface area contributed by atoms with Gasteiger partial charge in [-0.2, -0.15) is 0 Å². The van der Waals surface area contributed by atoms with Crippen LogP contribution in [-0.2, 0) is 0 Å². The molecule has 1 rings (SSSR count). The highest BCUT2D eigenvalue weighted by Crippen LogP contribution is 2.20. The summed E-state index contributed by atoms with van der Waals surface area (Å²) < 4.78 is 0.916. The molecule has 60 valence electrons. The second kappa shape index (κ2) is 2.75. The van der Waals surface area contributed by atoms with Gasteiger partial charge in [-0.1, -0.05) is 11.6 Å². The monoisotopic (exact) mass is 193 g/mol. The molecular weight excluding hydrogens is 189 g/mol. The summed E-state index contributed by atoms with van der Waals surface area (Å²) in [4.78, 5) is 10.5. The fourth-order valence-corrected chi connectivity index (χ4v) is 1.32. The maximum Gasteiger partial charge on any atom is 0.354 e. The van der Waals surface area contributed by atoms with E-state index in [1.807, 2.05) is 0 Å². The number of hydrogen-bond acceptors (Lipinski definition) is 1. The molecule has 0 atom stereocenters. The predicted molar refractivity (Wildman–Crippen MR) is 42.4 cm³/mol. The third-order valence-corrected chi connectivity index (χ3v) is 2.01. The molecule has 11 heavy (non-hydrogen) atoms. The number of carboxylic acids is 1. The van der Waals surface area contributed by atoms with Gasteiger partial charge in [-0.25, -0.2) is 8.88 Å². The summed E-state index contributed by atoms with van der Waals surface area (Å²) in [5.74, 6) is -1.08. The molecule has 5 heteroatoms. The van der Waals surface area contributed by atoms with Gasteiger partial charge in [0.2, 0.25) is 0 Å². The molecule has 0 saturated heterocycles. The van der Waals surface area contributed by atoms with E-state index in [0.29, 0.717) is 5.56 Å². The van der Waals surface area contributed by atoms with Crippen LogP contribution >= 0.6 is 23.4 Å². The van der Waals surface area contributed by atoms with E-state index in [4.69, 9.17) is 28.5 Å². The van der Waals surface area contributed by atoms with Crippen molar-refractivity contribution in [2.24, 2.45) is 0 Å². The number of aromatic carboxylic acids is 1. The number of aromatic nitrogens is 1. The highest BCUT2D eigenvalue weighted by molar-refractivity contribution is 6.34. The van der Waals surface area contributed by atoms with Crippen molar-refractivity contribution < 1.29 is 9.90 Å². The van der Waals surface area contributed by atoms with Crippen LogP contribution in [0.3, 0.4) is 0 Å². The van der Waals surface area contributed by atoms with E-state index in [1.54, 1.807) is 6.92 Å². The Labute approximate surface area is 73.3 Å². The zero-order chi connectivity index (χ0) is 8.59. The fourth-order valence-electron chi connectivity index (χ4n) is 0.818. The van der Waals surface area contributed by atoms with Crippen LogP contribution in [0.1, 0.15) is 16.1 Å². The van der Waals surface area contributed by atoms with Crippen LogP contribution in [0.5, 0.6) is 0 Å². The van der Waals surface area contributed by atoms with Gasteiger partial charge in [0.15, 0.2) is 0 Å². The molecule has 0 bridgehead atoms.